The molecule has 0 aliphatic carbocycles. The third-order valence-electron chi connectivity index (χ3n) is 6.30. The molecule has 256 valence electrons. The summed E-state index contributed by atoms with van der Waals surface area (Å²) in [6.07, 6.45) is 5.16. The number of allylic oxidation sites excluding steroid dienone is 3. The highest BCUT2D eigenvalue weighted by Gasteiger charge is 2.30. The van der Waals surface area contributed by atoms with E-state index >= 15 is 0 Å². The first kappa shape index (κ1) is 46.1. The predicted molar refractivity (Wildman–Crippen MR) is 185 cm³/mol. The molecule has 0 aliphatic rings. The summed E-state index contributed by atoms with van der Waals surface area (Å²) in [6.45, 7) is 25.7. The van der Waals surface area contributed by atoms with Crippen molar-refractivity contribution >= 4 is 17.6 Å². The molecule has 0 aliphatic heterocycles. The summed E-state index contributed by atoms with van der Waals surface area (Å²) >= 11 is 0. The fourth-order valence-electron chi connectivity index (χ4n) is 3.58. The summed E-state index contributed by atoms with van der Waals surface area (Å²) in [5.41, 5.74) is 4.79. The number of benzene rings is 2. The molecule has 7 heteroatoms. The lowest BCUT2D eigenvalue weighted by Gasteiger charge is -2.18. The van der Waals surface area contributed by atoms with E-state index in [0.717, 1.165) is 49.7 Å². The molecule has 45 heavy (non-hydrogen) atoms. The molecule has 0 spiro atoms. The Morgan fingerprint density at radius 3 is 1.87 bits per heavy atom. The van der Waals surface area contributed by atoms with E-state index in [1.54, 1.807) is 26.2 Å². The minimum Gasteiger partial charge on any atom is -0.497 e. The van der Waals surface area contributed by atoms with Gasteiger partial charge in [-0.05, 0) is 80.0 Å². The Morgan fingerprint density at radius 2 is 1.49 bits per heavy atom. The molecule has 0 saturated carbocycles. The van der Waals surface area contributed by atoms with Gasteiger partial charge >= 0.3 is 6.36 Å². The lowest BCUT2D eigenvalue weighted by molar-refractivity contribution is -0.274. The lowest BCUT2D eigenvalue weighted by Crippen LogP contribution is -2.19. The van der Waals surface area contributed by atoms with Gasteiger partial charge in [-0.2, -0.15) is 0 Å². The van der Waals surface area contributed by atoms with Crippen LogP contribution in [-0.2, 0) is 9.59 Å². The number of ether oxygens (including phenoxy) is 2. The first-order valence-corrected chi connectivity index (χ1v) is 15.8. The quantitative estimate of drug-likeness (QED) is 0.192. The SMILES string of the molecule is C=C/C=C(/CC)c1ccc(OC)cc1C(C)CC.CC.CC=O.CCCCC(=O)C(C)(C)C.Cc1ccc(OC(F)(F)F)cc1. The van der Waals surface area contributed by atoms with E-state index in [9.17, 15) is 18.0 Å². The summed E-state index contributed by atoms with van der Waals surface area (Å²) in [4.78, 5) is 20.0. The number of alkyl halides is 3. The Morgan fingerprint density at radius 1 is 0.978 bits per heavy atom. The second-order valence-corrected chi connectivity index (χ2v) is 10.9. The maximum atomic E-state index is 11.6. The second kappa shape index (κ2) is 25.9. The van der Waals surface area contributed by atoms with Gasteiger partial charge in [0.25, 0.3) is 0 Å². The van der Waals surface area contributed by atoms with Crippen molar-refractivity contribution < 1.29 is 32.2 Å². The van der Waals surface area contributed by atoms with E-state index in [2.05, 4.69) is 57.2 Å². The molecule has 0 heterocycles. The Labute approximate surface area is 272 Å². The standard InChI is InChI=1S/C17H24O.C9H18O.C8H7F3O.C2H4O.C2H6/c1-6-9-14(8-3)16-11-10-15(18-5)12-17(16)13(4)7-2;1-5-6-7-8(10)9(2,3)4;1-6-2-4-7(5-3-6)12-8(9,10)11;1-2-3;1-2/h6,9-13H,1,7-8H2,2-5H3;5-7H2,1-4H3;2-5H,1H3;2H,1H3;1-2H3/b14-9-;;;;. The molecule has 4 nitrogen and oxygen atoms in total. The highest BCUT2D eigenvalue weighted by atomic mass is 19.4. The van der Waals surface area contributed by atoms with Crippen LogP contribution >= 0.6 is 0 Å². The number of rotatable bonds is 10. The smallest absolute Gasteiger partial charge is 0.497 e. The molecular weight excluding hydrogens is 577 g/mol. The molecule has 0 amide bonds. The molecule has 0 bridgehead atoms. The first-order valence-electron chi connectivity index (χ1n) is 15.8. The van der Waals surface area contributed by atoms with Crippen LogP contribution in [0.5, 0.6) is 11.5 Å². The van der Waals surface area contributed by atoms with Gasteiger partial charge in [-0.3, -0.25) is 4.79 Å². The number of hydrogen-bond donors (Lipinski definition) is 0. The fraction of sp³-hybridized carbons (Fsp3) is 0.526. The van der Waals surface area contributed by atoms with Gasteiger partial charge < -0.3 is 14.3 Å². The predicted octanol–water partition coefficient (Wildman–Crippen LogP) is 12.1. The first-order chi connectivity index (χ1) is 21.0. The molecule has 2 aromatic rings. The van der Waals surface area contributed by atoms with Gasteiger partial charge in [0.05, 0.1) is 7.11 Å². The molecule has 0 radical (unpaired) electrons. The summed E-state index contributed by atoms with van der Waals surface area (Å²) in [7, 11) is 1.72. The molecule has 1 unspecified atom stereocenters. The third-order valence-corrected chi connectivity index (χ3v) is 6.30. The number of aldehydes is 1. The van der Waals surface area contributed by atoms with E-state index in [0.29, 0.717) is 11.7 Å². The number of halogens is 3. The molecule has 2 aromatic carbocycles. The number of methoxy groups -OCH3 is 1. The van der Waals surface area contributed by atoms with Gasteiger partial charge in [0.1, 0.15) is 23.6 Å². The monoisotopic (exact) mass is 636 g/mol. The van der Waals surface area contributed by atoms with Gasteiger partial charge in [0.15, 0.2) is 0 Å². The molecule has 1 atom stereocenters. The van der Waals surface area contributed by atoms with Crippen molar-refractivity contribution in [3.8, 4) is 11.5 Å². The van der Waals surface area contributed by atoms with Crippen molar-refractivity contribution in [2.24, 2.45) is 5.41 Å². The third kappa shape index (κ3) is 22.8. The lowest BCUT2D eigenvalue weighted by atomic mass is 9.88. The average Bonchev–Trinajstić information content (AvgIpc) is 3.00. The van der Waals surface area contributed by atoms with E-state index in [-0.39, 0.29) is 11.2 Å². The normalized spacial score (nSPS) is 11.3. The molecular formula is C38H59F3O4. The summed E-state index contributed by atoms with van der Waals surface area (Å²) in [5.74, 6) is 1.67. The van der Waals surface area contributed by atoms with Crippen LogP contribution < -0.4 is 9.47 Å². The highest BCUT2D eigenvalue weighted by Crippen LogP contribution is 2.32. The maximum absolute atomic E-state index is 11.6. The highest BCUT2D eigenvalue weighted by molar-refractivity contribution is 5.83. The largest absolute Gasteiger partial charge is 0.573 e. The molecule has 0 N–H and O–H groups in total. The van der Waals surface area contributed by atoms with Gasteiger partial charge in [-0.25, -0.2) is 0 Å². The fourth-order valence-corrected chi connectivity index (χ4v) is 3.58. The summed E-state index contributed by atoms with van der Waals surface area (Å²) < 4.78 is 43.9. The zero-order chi connectivity index (χ0) is 35.6. The van der Waals surface area contributed by atoms with E-state index in [1.165, 1.54) is 35.8 Å². The van der Waals surface area contributed by atoms with Crippen LogP contribution in [0.15, 0.2) is 61.2 Å². The Kier molecular flexibility index (Phi) is 26.5. The number of carbonyl (C=O) groups excluding carboxylic acids is 2. The van der Waals surface area contributed by atoms with Gasteiger partial charge in [0.2, 0.25) is 0 Å². The van der Waals surface area contributed by atoms with Crippen molar-refractivity contribution in [2.75, 3.05) is 7.11 Å². The van der Waals surface area contributed by atoms with Gasteiger partial charge in [0, 0.05) is 11.8 Å². The van der Waals surface area contributed by atoms with Crippen LogP contribution in [0.4, 0.5) is 13.2 Å². The zero-order valence-corrected chi connectivity index (χ0v) is 29.9. The number of Topliss-reactive ketones (excluding diaryl/α,β-unsaturated/α-hetero) is 1. The van der Waals surface area contributed by atoms with Crippen molar-refractivity contribution in [3.05, 3.63) is 77.9 Å². The molecule has 0 aromatic heterocycles. The van der Waals surface area contributed by atoms with Crippen LogP contribution in [0.25, 0.3) is 5.57 Å². The molecule has 0 fully saturated rings. The second-order valence-electron chi connectivity index (χ2n) is 10.9. The van der Waals surface area contributed by atoms with Crippen molar-refractivity contribution in [1.29, 1.82) is 0 Å². The Bertz CT molecular complexity index is 1100. The van der Waals surface area contributed by atoms with Crippen LogP contribution in [0.2, 0.25) is 0 Å². The van der Waals surface area contributed by atoms with Crippen molar-refractivity contribution in [3.63, 3.8) is 0 Å². The zero-order valence-electron chi connectivity index (χ0n) is 29.9. The number of aryl methyl sites for hydroxylation is 1. The Balaban J connectivity index is -0.000000570. The van der Waals surface area contributed by atoms with Crippen LogP contribution in [0.1, 0.15) is 124 Å². The average molecular weight is 637 g/mol. The van der Waals surface area contributed by atoms with Crippen molar-refractivity contribution in [1.82, 2.24) is 0 Å². The minimum atomic E-state index is -4.60. The van der Waals surface area contributed by atoms with E-state index in [1.807, 2.05) is 46.8 Å². The van der Waals surface area contributed by atoms with Crippen molar-refractivity contribution in [2.45, 2.75) is 121 Å². The maximum Gasteiger partial charge on any atom is 0.573 e. The number of ketones is 1. The summed E-state index contributed by atoms with van der Waals surface area (Å²) in [6, 6.07) is 12.0. The number of hydrogen-bond acceptors (Lipinski definition) is 4. The van der Waals surface area contributed by atoms with Crippen LogP contribution in [0, 0.1) is 12.3 Å². The van der Waals surface area contributed by atoms with Gasteiger partial charge in [-0.15, -0.1) is 13.2 Å². The van der Waals surface area contributed by atoms with E-state index < -0.39 is 6.36 Å². The van der Waals surface area contributed by atoms with Gasteiger partial charge in [-0.1, -0.05) is 111 Å². The Hall–Kier alpha value is -3.35. The van der Waals surface area contributed by atoms with E-state index in [4.69, 9.17) is 9.53 Å². The summed E-state index contributed by atoms with van der Waals surface area (Å²) in [5, 5.41) is 0. The van der Waals surface area contributed by atoms with Crippen LogP contribution in [-0.4, -0.2) is 25.5 Å². The molecule has 0 saturated heterocycles. The molecule has 2 rings (SSSR count). The topological polar surface area (TPSA) is 52.6 Å². The number of unbranched alkanes of at least 4 members (excludes halogenated alkanes) is 1. The van der Waals surface area contributed by atoms with Crippen LogP contribution in [0.3, 0.4) is 0 Å². The number of carbonyl (C=O) groups is 2. The minimum absolute atomic E-state index is 0.130.